The highest BCUT2D eigenvalue weighted by atomic mass is 35.5. The maximum atomic E-state index is 13.2. The fourth-order valence-corrected chi connectivity index (χ4v) is 4.01. The molecule has 0 spiro atoms. The van der Waals surface area contributed by atoms with Gasteiger partial charge in [0.25, 0.3) is 5.91 Å². The Morgan fingerprint density at radius 2 is 1.82 bits per heavy atom. The Morgan fingerprint density at radius 1 is 1.14 bits per heavy atom. The predicted molar refractivity (Wildman–Crippen MR) is 108 cm³/mol. The molecule has 1 amide bonds. The third kappa shape index (κ3) is 3.50. The molecule has 0 bridgehead atoms. The molecule has 0 aliphatic carbocycles. The number of carbonyl (C=O) groups excluding carboxylic acids is 1. The summed E-state index contributed by atoms with van der Waals surface area (Å²) in [5.41, 5.74) is 2.87. The minimum atomic E-state index is -0.0715. The standard InChI is InChI=1S/C22H21ClN2O3/c1-14-20(21(24-28-14)18-4-2-3-5-19(18)23)22(27)25-12-10-16(11-13-25)15-6-8-17(26)9-7-15/h2-9,16,26H,10-13H2,1H3. The van der Waals surface area contributed by atoms with Crippen molar-refractivity contribution in [3.8, 4) is 17.0 Å². The van der Waals surface area contributed by atoms with E-state index in [1.165, 1.54) is 5.56 Å². The van der Waals surface area contributed by atoms with E-state index in [-0.39, 0.29) is 11.7 Å². The van der Waals surface area contributed by atoms with Crippen LogP contribution in [0.4, 0.5) is 0 Å². The van der Waals surface area contributed by atoms with Crippen molar-refractivity contribution in [2.24, 2.45) is 0 Å². The third-order valence-corrected chi connectivity index (χ3v) is 5.68. The Balaban J connectivity index is 1.53. The van der Waals surface area contributed by atoms with Gasteiger partial charge in [0.1, 0.15) is 22.8 Å². The number of aromatic nitrogens is 1. The minimum absolute atomic E-state index is 0.0715. The summed E-state index contributed by atoms with van der Waals surface area (Å²) < 4.78 is 5.34. The first-order valence-corrected chi connectivity index (χ1v) is 9.71. The number of aryl methyl sites for hydroxylation is 1. The second-order valence-corrected chi connectivity index (χ2v) is 7.51. The molecule has 144 valence electrons. The van der Waals surface area contributed by atoms with E-state index in [9.17, 15) is 9.90 Å². The molecule has 0 unspecified atom stereocenters. The molecule has 4 rings (SSSR count). The van der Waals surface area contributed by atoms with E-state index in [0.717, 1.165) is 12.8 Å². The number of nitrogens with zero attached hydrogens (tertiary/aromatic N) is 2. The fourth-order valence-electron chi connectivity index (χ4n) is 3.78. The van der Waals surface area contributed by atoms with Crippen molar-refractivity contribution in [3.05, 3.63) is 70.4 Å². The monoisotopic (exact) mass is 396 g/mol. The van der Waals surface area contributed by atoms with Crippen LogP contribution in [-0.2, 0) is 0 Å². The van der Waals surface area contributed by atoms with Crippen LogP contribution in [0.25, 0.3) is 11.3 Å². The van der Waals surface area contributed by atoms with E-state index in [4.69, 9.17) is 16.1 Å². The smallest absolute Gasteiger partial charge is 0.259 e. The molecule has 0 radical (unpaired) electrons. The van der Waals surface area contributed by atoms with Crippen LogP contribution in [0.15, 0.2) is 53.1 Å². The van der Waals surface area contributed by atoms with Crippen molar-refractivity contribution in [1.29, 1.82) is 0 Å². The quantitative estimate of drug-likeness (QED) is 0.674. The van der Waals surface area contributed by atoms with Crippen molar-refractivity contribution >= 4 is 17.5 Å². The Morgan fingerprint density at radius 3 is 2.50 bits per heavy atom. The molecule has 1 N–H and O–H groups in total. The van der Waals surface area contributed by atoms with E-state index in [1.54, 1.807) is 25.1 Å². The summed E-state index contributed by atoms with van der Waals surface area (Å²) in [5.74, 6) is 1.08. The van der Waals surface area contributed by atoms with Gasteiger partial charge in [-0.25, -0.2) is 0 Å². The third-order valence-electron chi connectivity index (χ3n) is 5.35. The molecule has 1 aliphatic rings. The zero-order chi connectivity index (χ0) is 19.7. The number of benzene rings is 2. The molecule has 2 aromatic carbocycles. The zero-order valence-electron chi connectivity index (χ0n) is 15.6. The lowest BCUT2D eigenvalue weighted by molar-refractivity contribution is 0.0712. The Kier molecular flexibility index (Phi) is 5.09. The van der Waals surface area contributed by atoms with Crippen molar-refractivity contribution in [2.45, 2.75) is 25.7 Å². The van der Waals surface area contributed by atoms with Crippen molar-refractivity contribution in [2.75, 3.05) is 13.1 Å². The Labute approximate surface area is 168 Å². The number of hydrogen-bond acceptors (Lipinski definition) is 4. The van der Waals surface area contributed by atoms with E-state index in [2.05, 4.69) is 5.16 Å². The number of likely N-dealkylation sites (tertiary alicyclic amines) is 1. The SMILES string of the molecule is Cc1onc(-c2ccccc2Cl)c1C(=O)N1CCC(c2ccc(O)cc2)CC1. The van der Waals surface area contributed by atoms with Gasteiger partial charge in [-0.2, -0.15) is 0 Å². The van der Waals surface area contributed by atoms with Gasteiger partial charge in [-0.15, -0.1) is 0 Å². The van der Waals surface area contributed by atoms with Gasteiger partial charge in [-0.1, -0.05) is 47.1 Å². The summed E-state index contributed by atoms with van der Waals surface area (Å²) in [6.45, 7) is 3.08. The van der Waals surface area contributed by atoms with Gasteiger partial charge < -0.3 is 14.5 Å². The molecule has 0 saturated carbocycles. The topological polar surface area (TPSA) is 66.6 Å². The molecule has 3 aromatic rings. The molecule has 1 saturated heterocycles. The van der Waals surface area contributed by atoms with E-state index < -0.39 is 0 Å². The Bertz CT molecular complexity index is 989. The first-order valence-electron chi connectivity index (χ1n) is 9.34. The van der Waals surface area contributed by atoms with Gasteiger partial charge >= 0.3 is 0 Å². The number of amides is 1. The zero-order valence-corrected chi connectivity index (χ0v) is 16.3. The molecular formula is C22H21ClN2O3. The average Bonchev–Trinajstić information content (AvgIpc) is 3.10. The summed E-state index contributed by atoms with van der Waals surface area (Å²) in [5, 5.41) is 14.1. The number of phenolic OH excluding ortho intramolecular Hbond substituents is 1. The lowest BCUT2D eigenvalue weighted by Crippen LogP contribution is -2.38. The molecule has 0 atom stereocenters. The second kappa shape index (κ2) is 7.68. The largest absolute Gasteiger partial charge is 0.508 e. The molecule has 2 heterocycles. The Hall–Kier alpha value is -2.79. The number of hydrogen-bond donors (Lipinski definition) is 1. The van der Waals surface area contributed by atoms with E-state index in [0.29, 0.717) is 46.6 Å². The maximum Gasteiger partial charge on any atom is 0.259 e. The van der Waals surface area contributed by atoms with Crippen LogP contribution in [0.5, 0.6) is 5.75 Å². The molecule has 5 nitrogen and oxygen atoms in total. The highest BCUT2D eigenvalue weighted by Gasteiger charge is 2.30. The number of halogens is 1. The molecule has 28 heavy (non-hydrogen) atoms. The summed E-state index contributed by atoms with van der Waals surface area (Å²) in [4.78, 5) is 15.1. The van der Waals surface area contributed by atoms with E-state index in [1.807, 2.05) is 35.2 Å². The summed E-state index contributed by atoms with van der Waals surface area (Å²) in [7, 11) is 0. The number of phenols is 1. The molecule has 1 fully saturated rings. The van der Waals surface area contributed by atoms with Crippen molar-refractivity contribution in [1.82, 2.24) is 10.1 Å². The van der Waals surface area contributed by atoms with Gasteiger partial charge in [-0.3, -0.25) is 4.79 Å². The van der Waals surface area contributed by atoms with Gasteiger partial charge in [0, 0.05) is 18.7 Å². The minimum Gasteiger partial charge on any atom is -0.508 e. The van der Waals surface area contributed by atoms with Gasteiger partial charge in [0.15, 0.2) is 0 Å². The molecular weight excluding hydrogens is 376 g/mol. The number of rotatable bonds is 3. The molecule has 1 aliphatic heterocycles. The van der Waals surface area contributed by atoms with Crippen LogP contribution in [0.1, 0.15) is 40.4 Å². The van der Waals surface area contributed by atoms with Crippen molar-refractivity contribution in [3.63, 3.8) is 0 Å². The van der Waals surface area contributed by atoms with Crippen LogP contribution < -0.4 is 0 Å². The summed E-state index contributed by atoms with van der Waals surface area (Å²) >= 11 is 6.30. The second-order valence-electron chi connectivity index (χ2n) is 7.10. The highest BCUT2D eigenvalue weighted by Crippen LogP contribution is 2.34. The normalized spacial score (nSPS) is 15.0. The lowest BCUT2D eigenvalue weighted by Gasteiger charge is -2.32. The van der Waals surface area contributed by atoms with Gasteiger partial charge in [0.2, 0.25) is 0 Å². The highest BCUT2D eigenvalue weighted by molar-refractivity contribution is 6.33. The average molecular weight is 397 g/mol. The molecule has 1 aromatic heterocycles. The number of carbonyl (C=O) groups is 1. The van der Waals surface area contributed by atoms with Gasteiger partial charge in [-0.05, 0) is 49.4 Å². The fraction of sp³-hybridized carbons (Fsp3) is 0.273. The van der Waals surface area contributed by atoms with Crippen LogP contribution >= 0.6 is 11.6 Å². The summed E-state index contributed by atoms with van der Waals surface area (Å²) in [6.07, 6.45) is 1.75. The van der Waals surface area contributed by atoms with Crippen LogP contribution in [0.2, 0.25) is 5.02 Å². The van der Waals surface area contributed by atoms with E-state index >= 15 is 0 Å². The first kappa shape index (κ1) is 18.6. The lowest BCUT2D eigenvalue weighted by atomic mass is 9.89. The first-order chi connectivity index (χ1) is 13.5. The van der Waals surface area contributed by atoms with Gasteiger partial charge in [0.05, 0.1) is 5.02 Å². The van der Waals surface area contributed by atoms with Crippen LogP contribution in [-0.4, -0.2) is 34.2 Å². The number of aromatic hydroxyl groups is 1. The number of piperidine rings is 1. The predicted octanol–water partition coefficient (Wildman–Crippen LogP) is 5.03. The molecule has 6 heteroatoms. The van der Waals surface area contributed by atoms with Crippen LogP contribution in [0.3, 0.4) is 0 Å². The van der Waals surface area contributed by atoms with Crippen molar-refractivity contribution < 1.29 is 14.4 Å². The maximum absolute atomic E-state index is 13.2. The van der Waals surface area contributed by atoms with Crippen LogP contribution in [0, 0.1) is 6.92 Å². The summed E-state index contributed by atoms with van der Waals surface area (Å²) in [6, 6.07) is 14.7.